The van der Waals surface area contributed by atoms with Gasteiger partial charge in [-0.1, -0.05) is 11.6 Å². The number of amides is 1. The Labute approximate surface area is 126 Å². The number of carbonyl (C=O) groups excluding carboxylic acids is 1. The summed E-state index contributed by atoms with van der Waals surface area (Å²) in [6, 6.07) is 1.52. The summed E-state index contributed by atoms with van der Waals surface area (Å²) in [5, 5.41) is 7.44. The normalized spacial score (nSPS) is 16.7. The zero-order valence-corrected chi connectivity index (χ0v) is 12.5. The smallest absolute Gasteiger partial charge is 0.253 e. The van der Waals surface area contributed by atoms with Crippen molar-refractivity contribution in [2.45, 2.75) is 23.8 Å². The SMILES string of the molecule is NS(=O)(=O)c1cc(C(=O)NC2CCOCC2)c(Cl)cc1F. The zero-order chi connectivity index (χ0) is 15.6. The van der Waals surface area contributed by atoms with E-state index in [0.29, 0.717) is 26.1 Å². The highest BCUT2D eigenvalue weighted by atomic mass is 35.5. The molecule has 0 aromatic heterocycles. The number of ether oxygens (including phenoxy) is 1. The first-order valence-corrected chi connectivity index (χ1v) is 8.12. The van der Waals surface area contributed by atoms with E-state index in [1.807, 2.05) is 0 Å². The van der Waals surface area contributed by atoms with Crippen LogP contribution in [-0.4, -0.2) is 33.6 Å². The minimum atomic E-state index is -4.27. The van der Waals surface area contributed by atoms with Gasteiger partial charge in [0.2, 0.25) is 10.0 Å². The summed E-state index contributed by atoms with van der Waals surface area (Å²) in [7, 11) is -4.27. The van der Waals surface area contributed by atoms with Gasteiger partial charge in [-0.25, -0.2) is 17.9 Å². The summed E-state index contributed by atoms with van der Waals surface area (Å²) in [6.45, 7) is 1.06. The molecule has 116 valence electrons. The van der Waals surface area contributed by atoms with Gasteiger partial charge in [0.25, 0.3) is 5.91 Å². The maximum absolute atomic E-state index is 13.6. The minimum Gasteiger partial charge on any atom is -0.381 e. The van der Waals surface area contributed by atoms with E-state index in [4.69, 9.17) is 21.5 Å². The summed E-state index contributed by atoms with van der Waals surface area (Å²) < 4.78 is 41.3. The highest BCUT2D eigenvalue weighted by Gasteiger charge is 2.23. The Morgan fingerprint density at radius 1 is 1.38 bits per heavy atom. The lowest BCUT2D eigenvalue weighted by atomic mass is 10.1. The lowest BCUT2D eigenvalue weighted by Crippen LogP contribution is -2.39. The summed E-state index contributed by atoms with van der Waals surface area (Å²) in [5.41, 5.74) is -0.131. The Kier molecular flexibility index (Phi) is 4.82. The first-order valence-electron chi connectivity index (χ1n) is 6.19. The second-order valence-electron chi connectivity index (χ2n) is 4.67. The van der Waals surface area contributed by atoms with Crippen LogP contribution in [0.3, 0.4) is 0 Å². The van der Waals surface area contributed by atoms with Crippen molar-refractivity contribution in [2.24, 2.45) is 5.14 Å². The first kappa shape index (κ1) is 16.2. The van der Waals surface area contributed by atoms with Crippen molar-refractivity contribution in [3.8, 4) is 0 Å². The molecule has 0 atom stereocenters. The van der Waals surface area contributed by atoms with Crippen molar-refractivity contribution in [2.75, 3.05) is 13.2 Å². The van der Waals surface area contributed by atoms with Crippen LogP contribution >= 0.6 is 11.6 Å². The quantitative estimate of drug-likeness (QED) is 0.861. The van der Waals surface area contributed by atoms with E-state index in [2.05, 4.69) is 5.32 Å². The van der Waals surface area contributed by atoms with Crippen molar-refractivity contribution in [3.05, 3.63) is 28.5 Å². The fourth-order valence-electron chi connectivity index (χ4n) is 2.03. The molecule has 0 bridgehead atoms. The Balaban J connectivity index is 2.28. The van der Waals surface area contributed by atoms with Gasteiger partial charge in [0.15, 0.2) is 0 Å². The number of benzene rings is 1. The number of sulfonamides is 1. The maximum Gasteiger partial charge on any atom is 0.253 e. The van der Waals surface area contributed by atoms with Crippen molar-refractivity contribution < 1.29 is 22.3 Å². The fraction of sp³-hybridized carbons (Fsp3) is 0.417. The standard InChI is InChI=1S/C12H14ClFN2O4S/c13-9-6-10(14)11(21(15,18)19)5-8(9)12(17)16-7-1-3-20-4-2-7/h5-7H,1-4H2,(H,16,17)(H2,15,18,19). The summed E-state index contributed by atoms with van der Waals surface area (Å²) >= 11 is 5.80. The number of hydrogen-bond donors (Lipinski definition) is 2. The summed E-state index contributed by atoms with van der Waals surface area (Å²) in [5.74, 6) is -1.66. The van der Waals surface area contributed by atoms with Crippen LogP contribution in [0.5, 0.6) is 0 Å². The van der Waals surface area contributed by atoms with Gasteiger partial charge >= 0.3 is 0 Å². The fourth-order valence-corrected chi connectivity index (χ4v) is 2.88. The van der Waals surface area contributed by atoms with Crippen molar-refractivity contribution in [1.82, 2.24) is 5.32 Å². The maximum atomic E-state index is 13.6. The third kappa shape index (κ3) is 3.91. The van der Waals surface area contributed by atoms with Crippen LogP contribution in [0.15, 0.2) is 17.0 Å². The molecule has 0 unspecified atom stereocenters. The molecule has 1 aromatic carbocycles. The zero-order valence-electron chi connectivity index (χ0n) is 10.9. The second-order valence-corrected chi connectivity index (χ2v) is 6.60. The third-order valence-corrected chi connectivity index (χ3v) is 4.37. The van der Waals surface area contributed by atoms with Crippen molar-refractivity contribution in [3.63, 3.8) is 0 Å². The van der Waals surface area contributed by atoms with Crippen molar-refractivity contribution in [1.29, 1.82) is 0 Å². The highest BCUT2D eigenvalue weighted by molar-refractivity contribution is 7.89. The Morgan fingerprint density at radius 3 is 2.57 bits per heavy atom. The Morgan fingerprint density at radius 2 is 2.00 bits per heavy atom. The predicted octanol–water partition coefficient (Wildman–Crippen LogP) is 1.04. The molecule has 6 nitrogen and oxygen atoms in total. The van der Waals surface area contributed by atoms with Gasteiger partial charge in [0.05, 0.1) is 10.6 Å². The van der Waals surface area contributed by atoms with Gasteiger partial charge < -0.3 is 10.1 Å². The topological polar surface area (TPSA) is 98.5 Å². The molecule has 0 aliphatic carbocycles. The number of carbonyl (C=O) groups is 1. The number of primary sulfonamides is 1. The molecule has 3 N–H and O–H groups in total. The molecule has 1 heterocycles. The second kappa shape index (κ2) is 6.27. The molecule has 1 saturated heterocycles. The number of hydrogen-bond acceptors (Lipinski definition) is 4. The van der Waals surface area contributed by atoms with Crippen LogP contribution in [0.2, 0.25) is 5.02 Å². The monoisotopic (exact) mass is 336 g/mol. The van der Waals surface area contributed by atoms with E-state index in [1.165, 1.54) is 0 Å². The largest absolute Gasteiger partial charge is 0.381 e. The molecule has 1 aromatic rings. The minimum absolute atomic E-state index is 0.0923. The van der Waals surface area contributed by atoms with E-state index in [0.717, 1.165) is 12.1 Å². The van der Waals surface area contributed by atoms with Gasteiger partial charge in [0, 0.05) is 19.3 Å². The van der Waals surface area contributed by atoms with E-state index < -0.39 is 26.6 Å². The van der Waals surface area contributed by atoms with E-state index in [-0.39, 0.29) is 16.6 Å². The van der Waals surface area contributed by atoms with Gasteiger partial charge in [-0.2, -0.15) is 0 Å². The Hall–Kier alpha value is -1.22. The summed E-state index contributed by atoms with van der Waals surface area (Å²) in [4.78, 5) is 11.4. The molecule has 0 spiro atoms. The number of nitrogens with two attached hydrogens (primary N) is 1. The van der Waals surface area contributed by atoms with Gasteiger partial charge in [0.1, 0.15) is 10.7 Å². The molecule has 1 aliphatic heterocycles. The highest BCUT2D eigenvalue weighted by Crippen LogP contribution is 2.23. The first-order chi connectivity index (χ1) is 9.79. The average Bonchev–Trinajstić information content (AvgIpc) is 2.38. The lowest BCUT2D eigenvalue weighted by Gasteiger charge is -2.23. The van der Waals surface area contributed by atoms with Crippen LogP contribution in [0, 0.1) is 5.82 Å². The molecule has 1 amide bonds. The molecular weight excluding hydrogens is 323 g/mol. The third-order valence-electron chi connectivity index (χ3n) is 3.13. The molecule has 1 aliphatic rings. The number of rotatable bonds is 3. The molecule has 0 radical (unpaired) electrons. The molecule has 1 fully saturated rings. The lowest BCUT2D eigenvalue weighted by molar-refractivity contribution is 0.0696. The number of halogens is 2. The van der Waals surface area contributed by atoms with Gasteiger partial charge in [-0.15, -0.1) is 0 Å². The Bertz CT molecular complexity index is 659. The predicted molar refractivity (Wildman–Crippen MR) is 74.1 cm³/mol. The molecule has 2 rings (SSSR count). The number of nitrogens with one attached hydrogen (secondary N) is 1. The molecule has 9 heteroatoms. The van der Waals surface area contributed by atoms with Crippen molar-refractivity contribution >= 4 is 27.5 Å². The van der Waals surface area contributed by atoms with Crippen LogP contribution in [0.4, 0.5) is 4.39 Å². The van der Waals surface area contributed by atoms with E-state index >= 15 is 0 Å². The van der Waals surface area contributed by atoms with Crippen LogP contribution in [-0.2, 0) is 14.8 Å². The van der Waals surface area contributed by atoms with E-state index in [1.54, 1.807) is 0 Å². The summed E-state index contributed by atoms with van der Waals surface area (Å²) in [6.07, 6.45) is 1.29. The van der Waals surface area contributed by atoms with Crippen LogP contribution < -0.4 is 10.5 Å². The average molecular weight is 337 g/mol. The van der Waals surface area contributed by atoms with Gasteiger partial charge in [-0.3, -0.25) is 4.79 Å². The van der Waals surface area contributed by atoms with Crippen LogP contribution in [0.1, 0.15) is 23.2 Å². The molecular formula is C12H14ClFN2O4S. The van der Waals surface area contributed by atoms with Gasteiger partial charge in [-0.05, 0) is 25.0 Å². The van der Waals surface area contributed by atoms with Crippen LogP contribution in [0.25, 0.3) is 0 Å². The molecule has 21 heavy (non-hydrogen) atoms. The molecule has 0 saturated carbocycles. The van der Waals surface area contributed by atoms with E-state index in [9.17, 15) is 17.6 Å².